The van der Waals surface area contributed by atoms with Crippen LogP contribution in [0.4, 0.5) is 0 Å². The smallest absolute Gasteiger partial charge is 0.134 e. The lowest BCUT2D eigenvalue weighted by atomic mass is 9.90. The molecule has 0 aromatic heterocycles. The Labute approximate surface area is 357 Å². The van der Waals surface area contributed by atoms with Gasteiger partial charge >= 0.3 is 0 Å². The van der Waals surface area contributed by atoms with Crippen molar-refractivity contribution in [3.05, 3.63) is 175 Å². The minimum absolute atomic E-state index is 0.198. The van der Waals surface area contributed by atoms with Gasteiger partial charge in [-0.2, -0.15) is 0 Å². The summed E-state index contributed by atoms with van der Waals surface area (Å²) in [5.74, 6) is 3.06. The topological polar surface area (TPSA) is 54.0 Å². The van der Waals surface area contributed by atoms with Gasteiger partial charge in [-0.15, -0.1) is 0 Å². The molecule has 0 aliphatic carbocycles. The van der Waals surface area contributed by atoms with Crippen LogP contribution < -0.4 is 24.3 Å². The van der Waals surface area contributed by atoms with Crippen molar-refractivity contribution in [1.29, 1.82) is 0 Å². The minimum atomic E-state index is -1.37. The lowest BCUT2D eigenvalue weighted by Crippen LogP contribution is -2.26. The summed E-state index contributed by atoms with van der Waals surface area (Å²) in [6.07, 6.45) is 0.783. The largest absolute Gasteiger partial charge is 0.496 e. The Morgan fingerprint density at radius 3 is 1.05 bits per heavy atom. The number of ketones is 1. The average molecular weight is 817 g/mol. The number of methoxy groups -OCH3 is 4. The van der Waals surface area contributed by atoms with E-state index in [1.54, 1.807) is 28.4 Å². The van der Waals surface area contributed by atoms with Crippen LogP contribution in [0.5, 0.6) is 23.0 Å². The van der Waals surface area contributed by atoms with Crippen LogP contribution in [-0.4, -0.2) is 34.2 Å². The first-order chi connectivity index (χ1) is 30.0. The zero-order valence-corrected chi connectivity index (χ0v) is 35.5. The van der Waals surface area contributed by atoms with E-state index in [2.05, 4.69) is 127 Å². The molecule has 0 spiro atoms. The molecule has 0 radical (unpaired) electrons. The summed E-state index contributed by atoms with van der Waals surface area (Å²) in [4.78, 5) is 15.0. The van der Waals surface area contributed by atoms with Crippen LogP contribution in [-0.2, 0) is 4.79 Å². The number of hydrogen-bond donors (Lipinski definition) is 0. The molecule has 1 saturated heterocycles. The van der Waals surface area contributed by atoms with Gasteiger partial charge in [-0.25, -0.2) is 0 Å². The van der Waals surface area contributed by atoms with Gasteiger partial charge in [-0.05, 0) is 107 Å². The quantitative estimate of drug-likeness (QED) is 0.107. The molecule has 300 valence electrons. The van der Waals surface area contributed by atoms with Crippen molar-refractivity contribution in [2.75, 3.05) is 28.4 Å². The molecule has 9 aromatic rings. The molecule has 2 unspecified atom stereocenters. The second kappa shape index (κ2) is 16.1. The molecule has 1 heterocycles. The van der Waals surface area contributed by atoms with E-state index in [0.717, 1.165) is 49.1 Å². The van der Waals surface area contributed by atoms with Gasteiger partial charge in [0.2, 0.25) is 0 Å². The number of carbonyl (C=O) groups excluding carboxylic acids is 1. The lowest BCUT2D eigenvalue weighted by Gasteiger charge is -2.42. The Bertz CT molecular complexity index is 2800. The first-order valence-corrected chi connectivity index (χ1v) is 22.2. The van der Waals surface area contributed by atoms with Crippen LogP contribution in [0.1, 0.15) is 35.3 Å². The number of fused-ring (bicyclic) bond motifs is 4. The molecule has 9 aromatic carbocycles. The summed E-state index contributed by atoms with van der Waals surface area (Å²) in [5, 5.41) is 10.4. The minimum Gasteiger partial charge on any atom is -0.496 e. The maximum Gasteiger partial charge on any atom is 0.134 e. The highest BCUT2D eigenvalue weighted by molar-refractivity contribution is 7.67. The van der Waals surface area contributed by atoms with E-state index in [0.29, 0.717) is 35.8 Å². The van der Waals surface area contributed by atoms with Crippen molar-refractivity contribution >= 4 is 62.1 Å². The Morgan fingerprint density at radius 1 is 0.410 bits per heavy atom. The van der Waals surface area contributed by atoms with E-state index in [1.165, 1.54) is 32.7 Å². The molecule has 61 heavy (non-hydrogen) atoms. The fourth-order valence-electron chi connectivity index (χ4n) is 10.00. The van der Waals surface area contributed by atoms with Crippen molar-refractivity contribution in [3.8, 4) is 45.3 Å². The highest BCUT2D eigenvalue weighted by Gasteiger charge is 2.44. The van der Waals surface area contributed by atoms with Crippen LogP contribution in [0, 0.1) is 0 Å². The van der Waals surface area contributed by atoms with E-state index in [4.69, 9.17) is 18.9 Å². The first-order valence-electron chi connectivity index (χ1n) is 20.7. The molecule has 10 rings (SSSR count). The van der Waals surface area contributed by atoms with E-state index in [-0.39, 0.29) is 17.1 Å². The Hall–Kier alpha value is -6.68. The Kier molecular flexibility index (Phi) is 10.1. The number of carbonyl (C=O) groups is 1. The standard InChI is InChI=1S/C55H45O5P/c1-57-45-26-14-27-46(58-2)53(45)43-24-13-25-44(54-47(59-3)28-15-29-48(54)60-4)55(43)61-49(51-39-20-9-5-16-34(39)30-35-17-6-10-21-40(35)51)32-38(56)33-50(61)52-41-22-11-7-18-36(41)31-37-19-8-12-23-42(37)52/h5-31,49-50H,32-33H2,1-4H3. The van der Waals surface area contributed by atoms with Gasteiger partial charge in [0, 0.05) is 24.2 Å². The van der Waals surface area contributed by atoms with Crippen molar-refractivity contribution in [2.24, 2.45) is 0 Å². The highest BCUT2D eigenvalue weighted by atomic mass is 31.1. The van der Waals surface area contributed by atoms with Crippen molar-refractivity contribution < 1.29 is 23.7 Å². The Morgan fingerprint density at radius 2 is 0.721 bits per heavy atom. The molecule has 1 fully saturated rings. The van der Waals surface area contributed by atoms with Gasteiger partial charge in [0.25, 0.3) is 0 Å². The summed E-state index contributed by atoms with van der Waals surface area (Å²) < 4.78 is 24.9. The van der Waals surface area contributed by atoms with Crippen LogP contribution >= 0.6 is 7.92 Å². The summed E-state index contributed by atoms with van der Waals surface area (Å²) in [6, 6.07) is 57.7. The van der Waals surface area contributed by atoms with Crippen LogP contribution in [0.3, 0.4) is 0 Å². The predicted octanol–water partition coefficient (Wildman–Crippen LogP) is 13.6. The van der Waals surface area contributed by atoms with Gasteiger partial charge in [0.1, 0.15) is 28.8 Å². The predicted molar refractivity (Wildman–Crippen MR) is 253 cm³/mol. The molecule has 2 atom stereocenters. The summed E-state index contributed by atoms with van der Waals surface area (Å²) in [5.41, 5.74) is 5.73. The molecule has 0 N–H and O–H groups in total. The van der Waals surface area contributed by atoms with E-state index in [9.17, 15) is 4.79 Å². The van der Waals surface area contributed by atoms with Gasteiger partial charge < -0.3 is 18.9 Å². The number of rotatable bonds is 9. The van der Waals surface area contributed by atoms with Gasteiger partial charge in [0.15, 0.2) is 0 Å². The number of Topliss-reactive ketones (excluding diaryl/α,β-unsaturated/α-hetero) is 1. The molecular formula is C55H45O5P. The third-order valence-electron chi connectivity index (χ3n) is 12.5. The van der Waals surface area contributed by atoms with Crippen LogP contribution in [0.25, 0.3) is 65.3 Å². The van der Waals surface area contributed by atoms with Gasteiger partial charge in [-0.1, -0.05) is 135 Å². The zero-order valence-electron chi connectivity index (χ0n) is 34.6. The molecule has 0 bridgehead atoms. The summed E-state index contributed by atoms with van der Waals surface area (Å²) in [6.45, 7) is 0. The zero-order chi connectivity index (χ0) is 41.6. The molecule has 1 aliphatic rings. The lowest BCUT2D eigenvalue weighted by molar-refractivity contribution is -0.119. The van der Waals surface area contributed by atoms with E-state index < -0.39 is 7.92 Å². The maximum atomic E-state index is 15.0. The van der Waals surface area contributed by atoms with Gasteiger partial charge in [-0.3, -0.25) is 4.79 Å². The third kappa shape index (κ3) is 6.47. The number of hydrogen-bond acceptors (Lipinski definition) is 5. The highest BCUT2D eigenvalue weighted by Crippen LogP contribution is 2.71. The second-order valence-corrected chi connectivity index (χ2v) is 18.1. The van der Waals surface area contributed by atoms with Crippen molar-refractivity contribution in [3.63, 3.8) is 0 Å². The van der Waals surface area contributed by atoms with Crippen molar-refractivity contribution in [1.82, 2.24) is 0 Å². The van der Waals surface area contributed by atoms with Crippen LogP contribution in [0.15, 0.2) is 164 Å². The van der Waals surface area contributed by atoms with Crippen LogP contribution in [0.2, 0.25) is 0 Å². The third-order valence-corrected chi connectivity index (χ3v) is 15.7. The molecule has 0 saturated carbocycles. The Balaban J connectivity index is 1.43. The molecule has 1 aliphatic heterocycles. The van der Waals surface area contributed by atoms with E-state index >= 15 is 0 Å². The van der Waals surface area contributed by atoms with Crippen molar-refractivity contribution in [2.45, 2.75) is 24.2 Å². The normalized spacial score (nSPS) is 16.6. The fraction of sp³-hybridized carbons (Fsp3) is 0.145. The summed E-state index contributed by atoms with van der Waals surface area (Å²) in [7, 11) is 5.49. The summed E-state index contributed by atoms with van der Waals surface area (Å²) >= 11 is 0. The first kappa shape index (κ1) is 38.5. The second-order valence-electron chi connectivity index (χ2n) is 15.6. The number of ether oxygens (including phenoxy) is 4. The molecular weight excluding hydrogens is 772 g/mol. The molecule has 6 heteroatoms. The average Bonchev–Trinajstić information content (AvgIpc) is 3.31. The monoisotopic (exact) mass is 816 g/mol. The van der Waals surface area contributed by atoms with E-state index in [1.807, 2.05) is 36.4 Å². The SMILES string of the molecule is COc1cccc(OC)c1-c1cccc(-c2c(OC)cccc2OC)c1P1C(c2c3ccccc3cc3ccccc23)CC(=O)CC1c1c2ccccc2cc2ccccc12. The molecule has 0 amide bonds. The fourth-order valence-corrected chi connectivity index (χ4v) is 13.9. The molecule has 5 nitrogen and oxygen atoms in total. The number of benzene rings is 9. The maximum absolute atomic E-state index is 15.0. The van der Waals surface area contributed by atoms with Gasteiger partial charge in [0.05, 0.1) is 39.6 Å².